The normalized spacial score (nSPS) is 11.1. The predicted molar refractivity (Wildman–Crippen MR) is 76.4 cm³/mol. The first-order chi connectivity index (χ1) is 8.99. The summed E-state index contributed by atoms with van der Waals surface area (Å²) in [5.41, 5.74) is 0.777. The van der Waals surface area contributed by atoms with Gasteiger partial charge in [0.25, 0.3) is 0 Å². The number of halogens is 2. The van der Waals surface area contributed by atoms with Crippen molar-refractivity contribution in [2.45, 2.75) is 36.6 Å². The van der Waals surface area contributed by atoms with Crippen molar-refractivity contribution in [3.05, 3.63) is 46.6 Å². The van der Waals surface area contributed by atoms with Gasteiger partial charge in [0.05, 0.1) is 0 Å². The van der Waals surface area contributed by atoms with E-state index in [1.54, 1.807) is 18.2 Å². The molecule has 0 saturated carbocycles. The fraction of sp³-hybridized carbons (Fsp3) is 0.286. The van der Waals surface area contributed by atoms with Crippen LogP contribution in [0.1, 0.15) is 31.2 Å². The van der Waals surface area contributed by atoms with Crippen LogP contribution in [0.25, 0.3) is 0 Å². The summed E-state index contributed by atoms with van der Waals surface area (Å²) in [4.78, 5) is 9.25. The fourth-order valence-corrected chi connectivity index (χ4v) is 2.62. The molecule has 2 nitrogen and oxygen atoms in total. The molecule has 0 bridgehead atoms. The third kappa shape index (κ3) is 3.25. The Kier molecular flexibility index (Phi) is 4.42. The lowest BCUT2D eigenvalue weighted by Gasteiger charge is -2.11. The summed E-state index contributed by atoms with van der Waals surface area (Å²) in [7, 11) is 0. The average Bonchev–Trinajstić information content (AvgIpc) is 2.37. The van der Waals surface area contributed by atoms with Gasteiger partial charge < -0.3 is 0 Å². The van der Waals surface area contributed by atoms with Crippen LogP contribution in [-0.2, 0) is 0 Å². The van der Waals surface area contributed by atoms with Gasteiger partial charge in [-0.3, -0.25) is 0 Å². The minimum atomic E-state index is -0.257. The molecule has 1 heterocycles. The van der Waals surface area contributed by atoms with Crippen LogP contribution in [0.3, 0.4) is 0 Å². The fourth-order valence-electron chi connectivity index (χ4n) is 1.47. The number of hydrogen-bond acceptors (Lipinski definition) is 3. The standard InChI is InChI=1S/C14H14ClFN2S/c1-8(2)13-17-12(15)9(3)14(18-13)19-11-7-5-4-6-10(11)16/h4-8H,1-3H3. The topological polar surface area (TPSA) is 25.8 Å². The van der Waals surface area contributed by atoms with Crippen molar-refractivity contribution < 1.29 is 4.39 Å². The Morgan fingerprint density at radius 1 is 1.21 bits per heavy atom. The average molecular weight is 297 g/mol. The Hall–Kier alpha value is -1.13. The highest BCUT2D eigenvalue weighted by atomic mass is 35.5. The van der Waals surface area contributed by atoms with Gasteiger partial charge in [0.2, 0.25) is 0 Å². The summed E-state index contributed by atoms with van der Waals surface area (Å²) < 4.78 is 13.7. The predicted octanol–water partition coefficient (Wildman–Crippen LogP) is 4.85. The Labute approximate surface area is 121 Å². The van der Waals surface area contributed by atoms with Crippen molar-refractivity contribution in [2.75, 3.05) is 0 Å². The minimum Gasteiger partial charge on any atom is -0.226 e. The molecule has 0 atom stereocenters. The first-order valence-electron chi connectivity index (χ1n) is 5.95. The molecule has 1 aromatic carbocycles. The molecule has 0 aliphatic rings. The van der Waals surface area contributed by atoms with Gasteiger partial charge in [-0.1, -0.05) is 49.3 Å². The SMILES string of the molecule is Cc1c(Cl)nc(C(C)C)nc1Sc1ccccc1F. The highest BCUT2D eigenvalue weighted by Crippen LogP contribution is 2.33. The van der Waals surface area contributed by atoms with Crippen LogP contribution >= 0.6 is 23.4 Å². The quantitative estimate of drug-likeness (QED) is 0.757. The van der Waals surface area contributed by atoms with E-state index in [0.717, 1.165) is 5.56 Å². The molecular weight excluding hydrogens is 283 g/mol. The lowest BCUT2D eigenvalue weighted by atomic mass is 10.2. The van der Waals surface area contributed by atoms with Gasteiger partial charge in [-0.05, 0) is 19.1 Å². The van der Waals surface area contributed by atoms with E-state index in [2.05, 4.69) is 9.97 Å². The van der Waals surface area contributed by atoms with Gasteiger partial charge in [0.1, 0.15) is 21.8 Å². The molecule has 0 amide bonds. The number of rotatable bonds is 3. The van der Waals surface area contributed by atoms with Crippen molar-refractivity contribution in [3.63, 3.8) is 0 Å². The smallest absolute Gasteiger partial charge is 0.137 e. The summed E-state index contributed by atoms with van der Waals surface area (Å²) in [6.07, 6.45) is 0. The molecule has 0 unspecified atom stereocenters. The molecular formula is C14H14ClFN2S. The Balaban J connectivity index is 2.42. The van der Waals surface area contributed by atoms with Crippen LogP contribution in [-0.4, -0.2) is 9.97 Å². The van der Waals surface area contributed by atoms with E-state index in [0.29, 0.717) is 20.9 Å². The van der Waals surface area contributed by atoms with Crippen LogP contribution in [0.15, 0.2) is 34.2 Å². The zero-order valence-electron chi connectivity index (χ0n) is 10.9. The van der Waals surface area contributed by atoms with Crippen LogP contribution in [0.2, 0.25) is 5.15 Å². The van der Waals surface area contributed by atoms with Crippen molar-refractivity contribution in [2.24, 2.45) is 0 Å². The molecule has 0 aliphatic heterocycles. The van der Waals surface area contributed by atoms with Gasteiger partial charge in [-0.15, -0.1) is 0 Å². The first-order valence-corrected chi connectivity index (χ1v) is 7.15. The van der Waals surface area contributed by atoms with Crippen LogP contribution < -0.4 is 0 Å². The molecule has 19 heavy (non-hydrogen) atoms. The van der Waals surface area contributed by atoms with E-state index >= 15 is 0 Å². The Morgan fingerprint density at radius 2 is 1.89 bits per heavy atom. The van der Waals surface area contributed by atoms with Gasteiger partial charge in [0.15, 0.2) is 0 Å². The number of aromatic nitrogens is 2. The van der Waals surface area contributed by atoms with E-state index in [1.165, 1.54) is 17.8 Å². The molecule has 2 rings (SSSR count). The monoisotopic (exact) mass is 296 g/mol. The minimum absolute atomic E-state index is 0.179. The van der Waals surface area contributed by atoms with E-state index in [-0.39, 0.29) is 11.7 Å². The third-order valence-corrected chi connectivity index (χ3v) is 4.13. The molecule has 0 fully saturated rings. The van der Waals surface area contributed by atoms with Gasteiger partial charge >= 0.3 is 0 Å². The van der Waals surface area contributed by atoms with Crippen molar-refractivity contribution in [3.8, 4) is 0 Å². The molecule has 0 N–H and O–H groups in total. The van der Waals surface area contributed by atoms with Crippen molar-refractivity contribution in [1.29, 1.82) is 0 Å². The maximum atomic E-state index is 13.7. The molecule has 0 spiro atoms. The van der Waals surface area contributed by atoms with Gasteiger partial charge in [-0.2, -0.15) is 0 Å². The van der Waals surface area contributed by atoms with Crippen molar-refractivity contribution >= 4 is 23.4 Å². The van der Waals surface area contributed by atoms with E-state index in [1.807, 2.05) is 20.8 Å². The van der Waals surface area contributed by atoms with Crippen LogP contribution in [0.5, 0.6) is 0 Å². The highest BCUT2D eigenvalue weighted by Gasteiger charge is 2.14. The third-order valence-electron chi connectivity index (χ3n) is 2.62. The second-order valence-corrected chi connectivity index (χ2v) is 5.88. The van der Waals surface area contributed by atoms with Crippen LogP contribution in [0, 0.1) is 12.7 Å². The number of hydrogen-bond donors (Lipinski definition) is 0. The Bertz CT molecular complexity index is 602. The summed E-state index contributed by atoms with van der Waals surface area (Å²) in [6.45, 7) is 5.84. The zero-order valence-corrected chi connectivity index (χ0v) is 12.5. The molecule has 0 aliphatic carbocycles. The molecule has 1 aromatic heterocycles. The first kappa shape index (κ1) is 14.3. The van der Waals surface area contributed by atoms with E-state index < -0.39 is 0 Å². The highest BCUT2D eigenvalue weighted by molar-refractivity contribution is 7.99. The van der Waals surface area contributed by atoms with E-state index in [4.69, 9.17) is 11.6 Å². The number of benzene rings is 1. The van der Waals surface area contributed by atoms with Crippen LogP contribution in [0.4, 0.5) is 4.39 Å². The lowest BCUT2D eigenvalue weighted by molar-refractivity contribution is 0.601. The summed E-state index contributed by atoms with van der Waals surface area (Å²) in [5.74, 6) is 0.597. The number of nitrogens with zero attached hydrogens (tertiary/aromatic N) is 2. The Morgan fingerprint density at radius 3 is 2.53 bits per heavy atom. The molecule has 2 aromatic rings. The molecule has 0 radical (unpaired) electrons. The lowest BCUT2D eigenvalue weighted by Crippen LogP contribution is -2.01. The molecule has 100 valence electrons. The van der Waals surface area contributed by atoms with Crippen molar-refractivity contribution in [1.82, 2.24) is 9.97 Å². The van der Waals surface area contributed by atoms with Gasteiger partial charge in [-0.25, -0.2) is 14.4 Å². The maximum Gasteiger partial charge on any atom is 0.137 e. The summed E-state index contributed by atoms with van der Waals surface area (Å²) in [5, 5.41) is 1.13. The van der Waals surface area contributed by atoms with E-state index in [9.17, 15) is 4.39 Å². The van der Waals surface area contributed by atoms with Gasteiger partial charge in [0, 0.05) is 16.4 Å². The molecule has 5 heteroatoms. The maximum absolute atomic E-state index is 13.7. The zero-order chi connectivity index (χ0) is 14.0. The second-order valence-electron chi connectivity index (χ2n) is 4.49. The summed E-state index contributed by atoms with van der Waals surface area (Å²) >= 11 is 7.39. The summed E-state index contributed by atoms with van der Waals surface area (Å²) in [6, 6.07) is 6.62. The largest absolute Gasteiger partial charge is 0.226 e. The second kappa shape index (κ2) is 5.88. The molecule has 0 saturated heterocycles.